The molecule has 0 aliphatic rings. The van der Waals surface area contributed by atoms with Gasteiger partial charge in [0, 0.05) is 0 Å². The third-order valence-electron chi connectivity index (χ3n) is 2.12. The molecule has 5 atom stereocenters. The van der Waals surface area contributed by atoms with Crippen molar-refractivity contribution in [3.63, 3.8) is 0 Å². The van der Waals surface area contributed by atoms with E-state index in [9.17, 15) is 21.0 Å². The summed E-state index contributed by atoms with van der Waals surface area (Å²) in [6, 6.07) is 0. The molecule has 0 heterocycles. The highest BCUT2D eigenvalue weighted by molar-refractivity contribution is 8.14. The smallest absolute Gasteiger partial charge is 0.151 e. The molecule has 0 aliphatic heterocycles. The summed E-state index contributed by atoms with van der Waals surface area (Å²) in [5, 5.41) is 0. The van der Waals surface area contributed by atoms with E-state index in [4.69, 9.17) is 59.1 Å². The quantitative estimate of drug-likeness (QED) is 0.486. The Labute approximate surface area is 159 Å². The van der Waals surface area contributed by atoms with Crippen molar-refractivity contribution in [2.75, 3.05) is 5.73 Å². The Bertz CT molecular complexity index is 716. The number of nitrogen functional groups attached to an aromatic ring is 1. The van der Waals surface area contributed by atoms with Crippen molar-refractivity contribution in [1.82, 2.24) is 0 Å². The van der Waals surface area contributed by atoms with E-state index in [1.54, 1.807) is 0 Å². The monoisotopic (exact) mass is 503 g/mol. The van der Waals surface area contributed by atoms with Crippen molar-refractivity contribution < 1.29 is 21.0 Å². The van der Waals surface area contributed by atoms with Gasteiger partial charge in [-0.05, 0) is 53.4 Å². The first kappa shape index (κ1) is 21.3. The van der Waals surface area contributed by atoms with Crippen molar-refractivity contribution >= 4 is 109 Å². The van der Waals surface area contributed by atoms with Gasteiger partial charge >= 0.3 is 0 Å². The summed E-state index contributed by atoms with van der Waals surface area (Å²) >= 11 is 0. The predicted octanol–water partition coefficient (Wildman–Crippen LogP) is 2.58. The van der Waals surface area contributed by atoms with E-state index < -0.39 is 80.2 Å². The van der Waals surface area contributed by atoms with E-state index in [2.05, 4.69) is 0 Å². The van der Waals surface area contributed by atoms with Crippen LogP contribution in [0.25, 0.3) is 0 Å². The van der Waals surface area contributed by atoms with Crippen molar-refractivity contribution in [3.8, 4) is 0 Å². The minimum Gasteiger partial charge on any atom is -0.397 e. The molecule has 22 heavy (non-hydrogen) atoms. The Morgan fingerprint density at radius 3 is 0.864 bits per heavy atom. The molecular formula is C6H2Cl5NO5S5. The zero-order chi connectivity index (χ0) is 17.4. The SMILES string of the molecule is Nc1c(S(=O)Cl)c(S(=O)Cl)c(S(=O)Cl)c(S(=O)Cl)c1S(=O)Cl. The largest absolute Gasteiger partial charge is 0.397 e. The van der Waals surface area contributed by atoms with Gasteiger partial charge in [-0.1, -0.05) is 0 Å². The molecule has 0 aliphatic carbocycles. The molecule has 0 saturated heterocycles. The second kappa shape index (κ2) is 8.54. The number of hydrogen-bond acceptors (Lipinski definition) is 6. The molecule has 16 heteroatoms. The number of halogens is 5. The van der Waals surface area contributed by atoms with E-state index in [0.29, 0.717) is 0 Å². The fourth-order valence-corrected chi connectivity index (χ4v) is 9.48. The standard InChI is InChI=1S/C6H2Cl5NO5S5/c7-18(13)2-1(12)3(19(8)14)5(21(10)16)6(22(11)17)4(2)20(9)15/h12H2. The highest BCUT2D eigenvalue weighted by Gasteiger charge is 2.34. The van der Waals surface area contributed by atoms with Crippen molar-refractivity contribution in [2.24, 2.45) is 0 Å². The Kier molecular flexibility index (Phi) is 8.26. The minimum absolute atomic E-state index is 0.547. The molecule has 0 spiro atoms. The number of hydrogen-bond donors (Lipinski definition) is 1. The van der Waals surface area contributed by atoms with Gasteiger partial charge in [-0.2, -0.15) is 0 Å². The second-order valence-electron chi connectivity index (χ2n) is 3.18. The summed E-state index contributed by atoms with van der Waals surface area (Å²) in [5.74, 6) is 0. The van der Waals surface area contributed by atoms with E-state index >= 15 is 0 Å². The van der Waals surface area contributed by atoms with Crippen LogP contribution in [0.5, 0.6) is 0 Å². The fraction of sp³-hybridized carbons (Fsp3) is 0. The van der Waals surface area contributed by atoms with Gasteiger partial charge in [0.15, 0.2) is 20.0 Å². The molecule has 0 aromatic heterocycles. The molecule has 6 nitrogen and oxygen atoms in total. The van der Waals surface area contributed by atoms with Crippen LogP contribution in [-0.4, -0.2) is 21.0 Å². The van der Waals surface area contributed by atoms with E-state index in [0.717, 1.165) is 0 Å². The van der Waals surface area contributed by atoms with Crippen LogP contribution in [-0.2, 0) is 50.1 Å². The van der Waals surface area contributed by atoms with Crippen LogP contribution in [0.1, 0.15) is 0 Å². The van der Waals surface area contributed by atoms with Crippen molar-refractivity contribution in [2.45, 2.75) is 24.5 Å². The molecule has 0 saturated carbocycles. The Hall–Kier alpha value is 1.22. The van der Waals surface area contributed by atoms with Crippen LogP contribution in [0.15, 0.2) is 24.5 Å². The Balaban J connectivity index is 4.31. The zero-order valence-corrected chi connectivity index (χ0v) is 17.4. The topological polar surface area (TPSA) is 111 Å². The van der Waals surface area contributed by atoms with E-state index in [-0.39, 0.29) is 0 Å². The predicted molar refractivity (Wildman–Crippen MR) is 92.2 cm³/mol. The summed E-state index contributed by atoms with van der Waals surface area (Å²) in [5.41, 5.74) is 5.09. The first-order chi connectivity index (χ1) is 10.0. The highest BCUT2D eigenvalue weighted by Crippen LogP contribution is 2.43. The number of benzene rings is 1. The number of nitrogens with two attached hydrogens (primary N) is 1. The average Bonchev–Trinajstić information content (AvgIpc) is 2.34. The van der Waals surface area contributed by atoms with Gasteiger partial charge in [0.1, 0.15) is 30.0 Å². The van der Waals surface area contributed by atoms with Gasteiger partial charge < -0.3 is 5.73 Å². The van der Waals surface area contributed by atoms with Crippen LogP contribution < -0.4 is 5.73 Å². The first-order valence-electron chi connectivity index (χ1n) is 4.41. The number of rotatable bonds is 5. The van der Waals surface area contributed by atoms with Crippen LogP contribution in [0, 0.1) is 0 Å². The zero-order valence-electron chi connectivity index (χ0n) is 9.55. The highest BCUT2D eigenvalue weighted by atomic mass is 35.7. The lowest BCUT2D eigenvalue weighted by atomic mass is 10.3. The maximum absolute atomic E-state index is 11.7. The van der Waals surface area contributed by atoms with Crippen LogP contribution in [0.4, 0.5) is 5.69 Å². The lowest BCUT2D eigenvalue weighted by Crippen LogP contribution is -2.11. The summed E-state index contributed by atoms with van der Waals surface area (Å²) < 4.78 is 58.4. The molecule has 0 radical (unpaired) electrons. The van der Waals surface area contributed by atoms with Crippen LogP contribution >= 0.6 is 53.4 Å². The van der Waals surface area contributed by atoms with Gasteiger partial charge in [-0.15, -0.1) is 0 Å². The molecule has 0 fully saturated rings. The molecule has 1 aromatic carbocycles. The normalized spacial score (nSPS) is 18.4. The molecule has 1 aromatic rings. The Morgan fingerprint density at radius 1 is 0.500 bits per heavy atom. The fourth-order valence-electron chi connectivity index (χ4n) is 1.41. The molecule has 126 valence electrons. The molecule has 0 bridgehead atoms. The maximum atomic E-state index is 11.7. The first-order valence-corrected chi connectivity index (χ1v) is 14.3. The average molecular weight is 506 g/mol. The minimum atomic E-state index is -2.48. The van der Waals surface area contributed by atoms with Gasteiger partial charge in [0.25, 0.3) is 0 Å². The summed E-state index contributed by atoms with van der Waals surface area (Å²) in [4.78, 5) is -2.89. The maximum Gasteiger partial charge on any atom is 0.151 e. The van der Waals surface area contributed by atoms with Gasteiger partial charge in [0.05, 0.1) is 30.2 Å². The third kappa shape index (κ3) is 4.24. The third-order valence-corrected chi connectivity index (χ3v) is 8.63. The molecular weight excluding hydrogens is 504 g/mol. The number of anilines is 1. The second-order valence-corrected chi connectivity index (χ2v) is 11.7. The van der Waals surface area contributed by atoms with Crippen molar-refractivity contribution in [1.29, 1.82) is 0 Å². The van der Waals surface area contributed by atoms with E-state index in [1.165, 1.54) is 0 Å². The molecule has 0 amide bonds. The van der Waals surface area contributed by atoms with Crippen molar-refractivity contribution in [3.05, 3.63) is 0 Å². The lowest BCUT2D eigenvalue weighted by Gasteiger charge is -2.16. The van der Waals surface area contributed by atoms with Gasteiger partial charge in [-0.3, -0.25) is 0 Å². The molecule has 2 N–H and O–H groups in total. The summed E-state index contributed by atoms with van der Waals surface area (Å²) in [6.45, 7) is 0. The summed E-state index contributed by atoms with van der Waals surface area (Å²) in [6.07, 6.45) is 0. The Morgan fingerprint density at radius 2 is 0.682 bits per heavy atom. The van der Waals surface area contributed by atoms with E-state index in [1.807, 2.05) is 0 Å². The van der Waals surface area contributed by atoms with Gasteiger partial charge in [-0.25, -0.2) is 21.0 Å². The summed E-state index contributed by atoms with van der Waals surface area (Å²) in [7, 11) is 15.1. The van der Waals surface area contributed by atoms with Crippen LogP contribution in [0.2, 0.25) is 0 Å². The molecule has 1 rings (SSSR count). The molecule has 5 unspecified atom stereocenters. The van der Waals surface area contributed by atoms with Gasteiger partial charge in [0.2, 0.25) is 0 Å². The van der Waals surface area contributed by atoms with Crippen LogP contribution in [0.3, 0.4) is 0 Å². The lowest BCUT2D eigenvalue weighted by molar-refractivity contribution is 0.666.